The van der Waals surface area contributed by atoms with E-state index in [2.05, 4.69) is 20.5 Å². The topological polar surface area (TPSA) is 83.1 Å². The molecule has 0 spiro atoms. The molecule has 128 valence electrons. The third-order valence-electron chi connectivity index (χ3n) is 3.89. The molecule has 1 aliphatic rings. The van der Waals surface area contributed by atoms with E-state index in [4.69, 9.17) is 4.74 Å². The number of hydrogen-bond acceptors (Lipinski definition) is 5. The molecular formula is C16H20FN5O2. The van der Waals surface area contributed by atoms with Crippen LogP contribution in [0.25, 0.3) is 0 Å². The van der Waals surface area contributed by atoms with Gasteiger partial charge in [0, 0.05) is 13.1 Å². The number of halogens is 1. The van der Waals surface area contributed by atoms with E-state index >= 15 is 0 Å². The van der Waals surface area contributed by atoms with Gasteiger partial charge in [0.1, 0.15) is 17.7 Å². The number of aromatic nitrogens is 3. The van der Waals surface area contributed by atoms with Crippen molar-refractivity contribution in [1.29, 1.82) is 0 Å². The maximum Gasteiger partial charge on any atom is 0.242 e. The maximum absolute atomic E-state index is 13.6. The number of rotatable bonds is 5. The molecule has 0 bridgehead atoms. The molecule has 24 heavy (non-hydrogen) atoms. The van der Waals surface area contributed by atoms with Gasteiger partial charge in [0.25, 0.3) is 0 Å². The van der Waals surface area contributed by atoms with E-state index in [1.54, 1.807) is 19.1 Å². The molecule has 0 saturated carbocycles. The van der Waals surface area contributed by atoms with Crippen LogP contribution in [-0.4, -0.2) is 52.3 Å². The Balaban J connectivity index is 1.76. The average Bonchev–Trinajstić information content (AvgIpc) is 3.00. The van der Waals surface area contributed by atoms with Gasteiger partial charge in [-0.1, -0.05) is 12.1 Å². The molecule has 0 aliphatic carbocycles. The monoisotopic (exact) mass is 333 g/mol. The zero-order valence-corrected chi connectivity index (χ0v) is 13.5. The number of amides is 1. The fourth-order valence-corrected chi connectivity index (χ4v) is 2.77. The summed E-state index contributed by atoms with van der Waals surface area (Å²) < 4.78 is 19.0. The van der Waals surface area contributed by atoms with Gasteiger partial charge >= 0.3 is 0 Å². The highest BCUT2D eigenvalue weighted by molar-refractivity contribution is 5.83. The van der Waals surface area contributed by atoms with Gasteiger partial charge < -0.3 is 10.1 Å². The summed E-state index contributed by atoms with van der Waals surface area (Å²) in [5.74, 6) is 0.642. The lowest BCUT2D eigenvalue weighted by molar-refractivity contribution is -0.128. The van der Waals surface area contributed by atoms with Crippen LogP contribution in [0.1, 0.15) is 23.3 Å². The van der Waals surface area contributed by atoms with E-state index in [0.29, 0.717) is 43.5 Å². The van der Waals surface area contributed by atoms with E-state index in [1.807, 2.05) is 4.90 Å². The van der Waals surface area contributed by atoms with Crippen LogP contribution >= 0.6 is 0 Å². The van der Waals surface area contributed by atoms with Gasteiger partial charge in [0.05, 0.1) is 19.8 Å². The number of benzene rings is 1. The predicted molar refractivity (Wildman–Crippen MR) is 84.5 cm³/mol. The summed E-state index contributed by atoms with van der Waals surface area (Å²) in [5.41, 5.74) is 0.626. The molecule has 1 atom stereocenters. The van der Waals surface area contributed by atoms with Crippen LogP contribution in [0.15, 0.2) is 24.3 Å². The molecule has 1 aromatic carbocycles. The number of aryl methyl sites for hydroxylation is 1. The summed E-state index contributed by atoms with van der Waals surface area (Å²) in [6.07, 6.45) is 0. The molecule has 2 N–H and O–H groups in total. The summed E-state index contributed by atoms with van der Waals surface area (Å²) in [5, 5.41) is 9.58. The molecule has 1 aromatic heterocycles. The van der Waals surface area contributed by atoms with E-state index in [1.165, 1.54) is 12.1 Å². The van der Waals surface area contributed by atoms with Gasteiger partial charge in [-0.2, -0.15) is 5.10 Å². The van der Waals surface area contributed by atoms with Gasteiger partial charge in [0.2, 0.25) is 5.91 Å². The van der Waals surface area contributed by atoms with Crippen LogP contribution < -0.4 is 5.32 Å². The predicted octanol–water partition coefficient (Wildman–Crippen LogP) is 0.942. The Morgan fingerprint density at radius 3 is 2.92 bits per heavy atom. The molecule has 2 aromatic rings. The molecule has 1 saturated heterocycles. The van der Waals surface area contributed by atoms with Crippen molar-refractivity contribution >= 4 is 5.91 Å². The normalized spacial score (nSPS) is 16.8. The standard InChI is InChI=1S/C16H20FN5O2/c1-11-19-14(21-20-11)10-18-16(23)15(22-5-7-24-8-6-22)12-3-2-4-13(17)9-12/h2-4,9,15H,5-8,10H2,1H3,(H,18,23)(H,19,20,21)/t15-/m0/s1. The summed E-state index contributed by atoms with van der Waals surface area (Å²) in [6.45, 7) is 4.36. The van der Waals surface area contributed by atoms with Crippen molar-refractivity contribution in [1.82, 2.24) is 25.4 Å². The van der Waals surface area contributed by atoms with Gasteiger partial charge in [-0.15, -0.1) is 0 Å². The second-order valence-corrected chi connectivity index (χ2v) is 5.66. The summed E-state index contributed by atoms with van der Waals surface area (Å²) >= 11 is 0. The van der Waals surface area contributed by atoms with Crippen molar-refractivity contribution in [3.8, 4) is 0 Å². The Labute approximate surface area is 139 Å². The first-order valence-electron chi connectivity index (χ1n) is 7.86. The number of morpholine rings is 1. The quantitative estimate of drug-likeness (QED) is 0.851. The summed E-state index contributed by atoms with van der Waals surface area (Å²) in [6, 6.07) is 5.58. The van der Waals surface area contributed by atoms with E-state index in [9.17, 15) is 9.18 Å². The highest BCUT2D eigenvalue weighted by atomic mass is 19.1. The first-order valence-corrected chi connectivity index (χ1v) is 7.86. The van der Waals surface area contributed by atoms with Crippen LogP contribution in [0.2, 0.25) is 0 Å². The third-order valence-corrected chi connectivity index (χ3v) is 3.89. The number of ether oxygens (including phenoxy) is 1. The van der Waals surface area contributed by atoms with Crippen LogP contribution in [0, 0.1) is 12.7 Å². The third kappa shape index (κ3) is 3.95. The molecule has 1 amide bonds. The number of nitrogens with one attached hydrogen (secondary N) is 2. The number of carbonyl (C=O) groups excluding carboxylic acids is 1. The van der Waals surface area contributed by atoms with Gasteiger partial charge in [-0.05, 0) is 24.6 Å². The van der Waals surface area contributed by atoms with Crippen LogP contribution in [0.5, 0.6) is 0 Å². The minimum absolute atomic E-state index is 0.204. The Bertz CT molecular complexity index is 699. The van der Waals surface area contributed by atoms with Crippen LogP contribution in [-0.2, 0) is 16.1 Å². The largest absolute Gasteiger partial charge is 0.379 e. The SMILES string of the molecule is Cc1nc(CNC(=O)[C@H](c2cccc(F)c2)N2CCOCC2)n[nH]1. The zero-order chi connectivity index (χ0) is 16.9. The van der Waals surface area contributed by atoms with E-state index in [-0.39, 0.29) is 18.3 Å². The maximum atomic E-state index is 13.6. The van der Waals surface area contributed by atoms with Crippen molar-refractivity contribution in [3.63, 3.8) is 0 Å². The van der Waals surface area contributed by atoms with Crippen molar-refractivity contribution in [3.05, 3.63) is 47.3 Å². The minimum Gasteiger partial charge on any atom is -0.379 e. The Kier molecular flexibility index (Phi) is 5.17. The van der Waals surface area contributed by atoms with Crippen molar-refractivity contribution in [2.75, 3.05) is 26.3 Å². The first-order chi connectivity index (χ1) is 11.6. The van der Waals surface area contributed by atoms with E-state index < -0.39 is 6.04 Å². The Morgan fingerprint density at radius 2 is 2.25 bits per heavy atom. The zero-order valence-electron chi connectivity index (χ0n) is 13.5. The molecular weight excluding hydrogens is 313 g/mol. The number of nitrogens with zero attached hydrogens (tertiary/aromatic N) is 3. The van der Waals surface area contributed by atoms with Gasteiger partial charge in [0.15, 0.2) is 5.82 Å². The molecule has 0 radical (unpaired) electrons. The van der Waals surface area contributed by atoms with Crippen molar-refractivity contribution in [2.24, 2.45) is 0 Å². The molecule has 3 rings (SSSR count). The molecule has 1 fully saturated rings. The molecule has 1 aliphatic heterocycles. The Hall–Kier alpha value is -2.32. The second kappa shape index (κ2) is 7.50. The number of carbonyl (C=O) groups is 1. The molecule has 0 unspecified atom stereocenters. The van der Waals surface area contributed by atoms with Gasteiger partial charge in [-0.25, -0.2) is 9.37 Å². The first kappa shape index (κ1) is 16.5. The summed E-state index contributed by atoms with van der Waals surface area (Å²) in [4.78, 5) is 18.9. The lowest BCUT2D eigenvalue weighted by Crippen LogP contribution is -2.45. The number of H-pyrrole nitrogens is 1. The van der Waals surface area contributed by atoms with Crippen molar-refractivity contribution < 1.29 is 13.9 Å². The Morgan fingerprint density at radius 1 is 1.46 bits per heavy atom. The van der Waals surface area contributed by atoms with E-state index in [0.717, 1.165) is 0 Å². The fourth-order valence-electron chi connectivity index (χ4n) is 2.77. The number of hydrogen-bond donors (Lipinski definition) is 2. The second-order valence-electron chi connectivity index (χ2n) is 5.66. The number of aromatic amines is 1. The lowest BCUT2D eigenvalue weighted by Gasteiger charge is -2.33. The average molecular weight is 333 g/mol. The van der Waals surface area contributed by atoms with Crippen LogP contribution in [0.3, 0.4) is 0 Å². The smallest absolute Gasteiger partial charge is 0.242 e. The lowest BCUT2D eigenvalue weighted by atomic mass is 10.0. The summed E-state index contributed by atoms with van der Waals surface area (Å²) in [7, 11) is 0. The molecule has 2 heterocycles. The van der Waals surface area contributed by atoms with Gasteiger partial charge in [-0.3, -0.25) is 14.8 Å². The minimum atomic E-state index is -0.565. The highest BCUT2D eigenvalue weighted by Crippen LogP contribution is 2.23. The molecule has 7 nitrogen and oxygen atoms in total. The fraction of sp³-hybridized carbons (Fsp3) is 0.438. The highest BCUT2D eigenvalue weighted by Gasteiger charge is 2.29. The van der Waals surface area contributed by atoms with Crippen molar-refractivity contribution in [2.45, 2.75) is 19.5 Å². The van der Waals surface area contributed by atoms with Crippen LogP contribution in [0.4, 0.5) is 4.39 Å². The molecule has 8 heteroatoms.